The van der Waals surface area contributed by atoms with Crippen molar-refractivity contribution in [1.82, 2.24) is 4.90 Å². The zero-order valence-corrected chi connectivity index (χ0v) is 12.4. The zero-order valence-electron chi connectivity index (χ0n) is 10.9. The Bertz CT molecular complexity index is 434. The van der Waals surface area contributed by atoms with Gasteiger partial charge in [0.25, 0.3) is 0 Å². The molecule has 0 amide bonds. The maximum absolute atomic E-state index is 12.4. The second kappa shape index (κ2) is 5.70. The Labute approximate surface area is 117 Å². The highest BCUT2D eigenvalue weighted by molar-refractivity contribution is 7.18. The summed E-state index contributed by atoms with van der Waals surface area (Å²) in [4.78, 5) is 15.3. The predicted octanol–water partition coefficient (Wildman–Crippen LogP) is 3.08. The quantitative estimate of drug-likeness (QED) is 0.800. The van der Waals surface area contributed by atoms with Crippen LogP contribution in [0.2, 0.25) is 4.34 Å². The number of halogens is 1. The summed E-state index contributed by atoms with van der Waals surface area (Å²) in [5, 5.41) is 0. The van der Waals surface area contributed by atoms with Gasteiger partial charge in [-0.15, -0.1) is 11.3 Å². The SMILES string of the molecule is CC1CN(C(C)C(=O)c2ccc(Cl)s2)C(C)CO1. The number of carbonyl (C=O) groups is 1. The molecule has 1 aromatic heterocycles. The summed E-state index contributed by atoms with van der Waals surface area (Å²) in [6.07, 6.45) is 0.184. The Morgan fingerprint density at radius 1 is 1.56 bits per heavy atom. The minimum absolute atomic E-state index is 0.124. The van der Waals surface area contributed by atoms with Gasteiger partial charge in [-0.2, -0.15) is 0 Å². The molecule has 0 aliphatic carbocycles. The minimum atomic E-state index is -0.124. The molecule has 1 fully saturated rings. The van der Waals surface area contributed by atoms with E-state index in [0.29, 0.717) is 10.9 Å². The van der Waals surface area contributed by atoms with Crippen molar-refractivity contribution >= 4 is 28.7 Å². The zero-order chi connectivity index (χ0) is 13.3. The summed E-state index contributed by atoms with van der Waals surface area (Å²) in [5.74, 6) is 0.146. The highest BCUT2D eigenvalue weighted by atomic mass is 35.5. The molecule has 3 atom stereocenters. The van der Waals surface area contributed by atoms with Gasteiger partial charge in [0.2, 0.25) is 0 Å². The summed E-state index contributed by atoms with van der Waals surface area (Å²) >= 11 is 7.23. The molecule has 1 aromatic rings. The largest absolute Gasteiger partial charge is 0.376 e. The standard InChI is InChI=1S/C13H18ClNO2S/c1-8-7-17-9(2)6-15(8)10(3)13(16)11-4-5-12(14)18-11/h4-5,8-10H,6-7H2,1-3H3. The third-order valence-corrected chi connectivity index (χ3v) is 4.59. The summed E-state index contributed by atoms with van der Waals surface area (Å²) < 4.78 is 6.25. The fourth-order valence-electron chi connectivity index (χ4n) is 2.27. The fraction of sp³-hybridized carbons (Fsp3) is 0.615. The van der Waals surface area contributed by atoms with Crippen LogP contribution in [0.5, 0.6) is 0 Å². The van der Waals surface area contributed by atoms with Gasteiger partial charge in [0, 0.05) is 12.6 Å². The Morgan fingerprint density at radius 2 is 2.28 bits per heavy atom. The van der Waals surface area contributed by atoms with Gasteiger partial charge in [0.15, 0.2) is 5.78 Å². The average molecular weight is 288 g/mol. The van der Waals surface area contributed by atoms with Gasteiger partial charge < -0.3 is 4.74 Å². The number of hydrogen-bond donors (Lipinski definition) is 0. The molecule has 5 heteroatoms. The third-order valence-electron chi connectivity index (χ3n) is 3.35. The summed E-state index contributed by atoms with van der Waals surface area (Å²) in [6.45, 7) is 7.58. The first-order valence-electron chi connectivity index (χ1n) is 6.16. The van der Waals surface area contributed by atoms with E-state index < -0.39 is 0 Å². The van der Waals surface area contributed by atoms with Crippen LogP contribution in [0, 0.1) is 0 Å². The summed E-state index contributed by atoms with van der Waals surface area (Å²) in [6, 6.07) is 3.73. The maximum atomic E-state index is 12.4. The molecule has 3 unspecified atom stereocenters. The highest BCUT2D eigenvalue weighted by Crippen LogP contribution is 2.25. The lowest BCUT2D eigenvalue weighted by Gasteiger charge is -2.39. The smallest absolute Gasteiger partial charge is 0.189 e. The van der Waals surface area contributed by atoms with Crippen molar-refractivity contribution in [2.45, 2.75) is 39.0 Å². The molecule has 0 bridgehead atoms. The van der Waals surface area contributed by atoms with Crippen LogP contribution in [0.4, 0.5) is 0 Å². The van der Waals surface area contributed by atoms with Crippen molar-refractivity contribution in [3.05, 3.63) is 21.3 Å². The second-order valence-corrected chi connectivity index (χ2v) is 6.55. The van der Waals surface area contributed by atoms with E-state index in [1.165, 1.54) is 11.3 Å². The summed E-state index contributed by atoms with van der Waals surface area (Å²) in [7, 11) is 0. The van der Waals surface area contributed by atoms with Gasteiger partial charge >= 0.3 is 0 Å². The first-order valence-corrected chi connectivity index (χ1v) is 7.35. The molecular weight excluding hydrogens is 270 g/mol. The number of rotatable bonds is 3. The van der Waals surface area contributed by atoms with E-state index in [0.717, 1.165) is 11.4 Å². The Balaban J connectivity index is 2.10. The van der Waals surface area contributed by atoms with Gasteiger partial charge in [0.1, 0.15) is 0 Å². The van der Waals surface area contributed by atoms with E-state index in [1.54, 1.807) is 12.1 Å². The van der Waals surface area contributed by atoms with Crippen LogP contribution in [0.3, 0.4) is 0 Å². The molecule has 0 spiro atoms. The van der Waals surface area contributed by atoms with Crippen LogP contribution in [0.1, 0.15) is 30.4 Å². The number of thiophene rings is 1. The number of ketones is 1. The van der Waals surface area contributed by atoms with E-state index in [4.69, 9.17) is 16.3 Å². The normalized spacial score (nSPS) is 27.1. The van der Waals surface area contributed by atoms with E-state index in [2.05, 4.69) is 11.8 Å². The number of ether oxygens (including phenoxy) is 1. The summed E-state index contributed by atoms with van der Waals surface area (Å²) in [5.41, 5.74) is 0. The first kappa shape index (κ1) is 14.0. The Hall–Kier alpha value is -0.420. The number of nitrogens with zero attached hydrogens (tertiary/aromatic N) is 1. The molecule has 3 nitrogen and oxygen atoms in total. The molecule has 18 heavy (non-hydrogen) atoms. The monoisotopic (exact) mass is 287 g/mol. The van der Waals surface area contributed by atoms with Crippen molar-refractivity contribution < 1.29 is 9.53 Å². The lowest BCUT2D eigenvalue weighted by Crippen LogP contribution is -2.53. The number of hydrogen-bond acceptors (Lipinski definition) is 4. The van der Waals surface area contributed by atoms with Crippen LogP contribution in [-0.2, 0) is 4.74 Å². The second-order valence-electron chi connectivity index (χ2n) is 4.83. The van der Waals surface area contributed by atoms with Gasteiger partial charge in [-0.05, 0) is 32.9 Å². The van der Waals surface area contributed by atoms with Crippen molar-refractivity contribution in [1.29, 1.82) is 0 Å². The Kier molecular flexibility index (Phi) is 4.43. The first-order chi connectivity index (χ1) is 8.49. The minimum Gasteiger partial charge on any atom is -0.376 e. The molecule has 0 N–H and O–H groups in total. The maximum Gasteiger partial charge on any atom is 0.189 e. The van der Waals surface area contributed by atoms with E-state index in [-0.39, 0.29) is 24.0 Å². The van der Waals surface area contributed by atoms with E-state index >= 15 is 0 Å². The molecule has 2 rings (SSSR count). The molecule has 100 valence electrons. The lowest BCUT2D eigenvalue weighted by atomic mass is 10.1. The van der Waals surface area contributed by atoms with Crippen molar-refractivity contribution in [2.75, 3.05) is 13.2 Å². The molecule has 2 heterocycles. The van der Waals surface area contributed by atoms with Crippen LogP contribution < -0.4 is 0 Å². The van der Waals surface area contributed by atoms with Gasteiger partial charge in [-0.3, -0.25) is 9.69 Å². The number of carbonyl (C=O) groups excluding carboxylic acids is 1. The van der Waals surface area contributed by atoms with Crippen molar-refractivity contribution in [3.63, 3.8) is 0 Å². The predicted molar refractivity (Wildman–Crippen MR) is 74.7 cm³/mol. The van der Waals surface area contributed by atoms with Crippen LogP contribution >= 0.6 is 22.9 Å². The van der Waals surface area contributed by atoms with Gasteiger partial charge in [0.05, 0.1) is 28.0 Å². The lowest BCUT2D eigenvalue weighted by molar-refractivity contribution is -0.0584. The van der Waals surface area contributed by atoms with Crippen molar-refractivity contribution in [2.24, 2.45) is 0 Å². The third kappa shape index (κ3) is 2.94. The molecular formula is C13H18ClNO2S. The molecule has 1 aliphatic heterocycles. The van der Waals surface area contributed by atoms with E-state index in [1.807, 2.05) is 13.8 Å². The molecule has 0 saturated carbocycles. The van der Waals surface area contributed by atoms with E-state index in [9.17, 15) is 4.79 Å². The Morgan fingerprint density at radius 3 is 2.89 bits per heavy atom. The molecule has 1 saturated heterocycles. The average Bonchev–Trinajstić information content (AvgIpc) is 2.77. The molecule has 1 aliphatic rings. The molecule has 0 radical (unpaired) electrons. The fourth-order valence-corrected chi connectivity index (χ4v) is 3.34. The van der Waals surface area contributed by atoms with Crippen molar-refractivity contribution in [3.8, 4) is 0 Å². The van der Waals surface area contributed by atoms with Gasteiger partial charge in [-0.25, -0.2) is 0 Å². The molecule has 0 aromatic carbocycles. The number of Topliss-reactive ketones (excluding diaryl/α,β-unsaturated/α-hetero) is 1. The number of morpholine rings is 1. The highest BCUT2D eigenvalue weighted by Gasteiger charge is 2.31. The van der Waals surface area contributed by atoms with Crippen LogP contribution in [0.25, 0.3) is 0 Å². The van der Waals surface area contributed by atoms with Crippen LogP contribution in [0.15, 0.2) is 12.1 Å². The van der Waals surface area contributed by atoms with Crippen LogP contribution in [-0.4, -0.2) is 42.0 Å². The topological polar surface area (TPSA) is 29.5 Å². The van der Waals surface area contributed by atoms with Gasteiger partial charge in [-0.1, -0.05) is 11.6 Å².